The van der Waals surface area contributed by atoms with Crippen LogP contribution >= 0.6 is 0 Å². The van der Waals surface area contributed by atoms with Gasteiger partial charge >= 0.3 is 6.36 Å². The van der Waals surface area contributed by atoms with Gasteiger partial charge in [-0.1, -0.05) is 12.1 Å². The molecule has 16 heavy (non-hydrogen) atoms. The molecule has 0 aliphatic rings. The van der Waals surface area contributed by atoms with Crippen LogP contribution in [0.25, 0.3) is 0 Å². The topological polar surface area (TPSA) is 41.5 Å². The maximum Gasteiger partial charge on any atom is 0.573 e. The molecule has 1 atom stereocenters. The molecule has 0 fully saturated rings. The molecule has 1 rings (SSSR count). The molecule has 0 unspecified atom stereocenters. The minimum absolute atomic E-state index is 0.202. The van der Waals surface area contributed by atoms with Crippen LogP contribution in [-0.2, 0) is 0 Å². The number of aliphatic hydroxyl groups excluding tert-OH is 1. The zero-order chi connectivity index (χ0) is 12.2. The Morgan fingerprint density at radius 1 is 1.44 bits per heavy atom. The molecule has 0 radical (unpaired) electrons. The summed E-state index contributed by atoms with van der Waals surface area (Å²) in [5.41, 5.74) is 0.534. The smallest absolute Gasteiger partial charge is 0.406 e. The van der Waals surface area contributed by atoms with E-state index in [9.17, 15) is 13.2 Å². The van der Waals surface area contributed by atoms with Crippen molar-refractivity contribution in [3.63, 3.8) is 0 Å². The average molecular weight is 235 g/mol. The van der Waals surface area contributed by atoms with Gasteiger partial charge in [-0.3, -0.25) is 0 Å². The van der Waals surface area contributed by atoms with Gasteiger partial charge in [-0.15, -0.1) is 13.2 Å². The van der Waals surface area contributed by atoms with Gasteiger partial charge in [-0.2, -0.15) is 0 Å². The van der Waals surface area contributed by atoms with Crippen molar-refractivity contribution < 1.29 is 23.0 Å². The first-order valence-corrected chi connectivity index (χ1v) is 4.60. The van der Waals surface area contributed by atoms with Crippen molar-refractivity contribution in [2.24, 2.45) is 0 Å². The Morgan fingerprint density at radius 2 is 2.12 bits per heavy atom. The lowest BCUT2D eigenvalue weighted by Crippen LogP contribution is -2.21. The fourth-order valence-corrected chi connectivity index (χ4v) is 1.29. The summed E-state index contributed by atoms with van der Waals surface area (Å²) < 4.78 is 39.6. The summed E-state index contributed by atoms with van der Waals surface area (Å²) in [6.45, 7) is -0.202. The van der Waals surface area contributed by atoms with Gasteiger partial charge in [-0.25, -0.2) is 0 Å². The largest absolute Gasteiger partial charge is 0.573 e. The summed E-state index contributed by atoms with van der Waals surface area (Å²) in [5.74, 6) is -0.293. The van der Waals surface area contributed by atoms with E-state index < -0.39 is 12.4 Å². The van der Waals surface area contributed by atoms with E-state index in [2.05, 4.69) is 10.1 Å². The molecule has 0 bridgehead atoms. The number of ether oxygens (including phenoxy) is 1. The predicted octanol–water partition coefficient (Wildman–Crippen LogP) is 1.84. The van der Waals surface area contributed by atoms with Gasteiger partial charge in [0.1, 0.15) is 5.75 Å². The molecular weight excluding hydrogens is 223 g/mol. The molecule has 90 valence electrons. The van der Waals surface area contributed by atoms with Crippen LogP contribution in [0.1, 0.15) is 11.6 Å². The van der Waals surface area contributed by atoms with E-state index in [0.29, 0.717) is 5.56 Å². The van der Waals surface area contributed by atoms with Gasteiger partial charge < -0.3 is 15.2 Å². The number of aliphatic hydroxyl groups is 1. The van der Waals surface area contributed by atoms with E-state index in [0.717, 1.165) is 0 Å². The van der Waals surface area contributed by atoms with Gasteiger partial charge in [0.25, 0.3) is 0 Å². The van der Waals surface area contributed by atoms with Crippen LogP contribution in [0, 0.1) is 0 Å². The summed E-state index contributed by atoms with van der Waals surface area (Å²) >= 11 is 0. The molecule has 0 saturated carbocycles. The summed E-state index contributed by atoms with van der Waals surface area (Å²) in [4.78, 5) is 0. The van der Waals surface area contributed by atoms with Crippen LogP contribution in [0.15, 0.2) is 24.3 Å². The van der Waals surface area contributed by atoms with Gasteiger partial charge in [0.2, 0.25) is 0 Å². The lowest BCUT2D eigenvalue weighted by Gasteiger charge is -2.15. The average Bonchev–Trinajstić information content (AvgIpc) is 2.17. The number of hydrogen-bond acceptors (Lipinski definition) is 3. The zero-order valence-corrected chi connectivity index (χ0v) is 8.58. The molecule has 0 aliphatic heterocycles. The summed E-state index contributed by atoms with van der Waals surface area (Å²) in [6, 6.07) is 5.10. The summed E-state index contributed by atoms with van der Waals surface area (Å²) in [7, 11) is 1.61. The first-order valence-electron chi connectivity index (χ1n) is 4.60. The minimum Gasteiger partial charge on any atom is -0.406 e. The second kappa shape index (κ2) is 5.18. The van der Waals surface area contributed by atoms with Crippen molar-refractivity contribution in [3.8, 4) is 5.75 Å². The standard InChI is InChI=1S/C10H12F3NO2/c1-14-9(6-15)7-3-2-4-8(5-7)16-10(11,12)13/h2-5,9,14-15H,6H2,1H3/t9-/m0/s1. The highest BCUT2D eigenvalue weighted by Gasteiger charge is 2.31. The van der Waals surface area contributed by atoms with Crippen molar-refractivity contribution in [3.05, 3.63) is 29.8 Å². The number of hydrogen-bond donors (Lipinski definition) is 2. The molecule has 0 aliphatic carbocycles. The third-order valence-electron chi connectivity index (χ3n) is 2.03. The SMILES string of the molecule is CN[C@@H](CO)c1cccc(OC(F)(F)F)c1. The van der Waals surface area contributed by atoms with Crippen molar-refractivity contribution in [1.82, 2.24) is 5.32 Å². The first-order chi connectivity index (χ1) is 7.46. The van der Waals surface area contributed by atoms with E-state index in [-0.39, 0.29) is 12.4 Å². The zero-order valence-electron chi connectivity index (χ0n) is 8.58. The number of likely N-dealkylation sites (N-methyl/N-ethyl adjacent to an activating group) is 1. The van der Waals surface area contributed by atoms with Crippen LogP contribution in [0.2, 0.25) is 0 Å². The van der Waals surface area contributed by atoms with Crippen LogP contribution in [-0.4, -0.2) is 25.1 Å². The maximum atomic E-state index is 12.0. The van der Waals surface area contributed by atoms with E-state index in [1.807, 2.05) is 0 Å². The summed E-state index contributed by atoms with van der Waals surface area (Å²) in [5, 5.41) is 11.7. The van der Waals surface area contributed by atoms with Gasteiger partial charge in [0.05, 0.1) is 12.6 Å². The van der Waals surface area contributed by atoms with Crippen molar-refractivity contribution >= 4 is 0 Å². The van der Waals surface area contributed by atoms with Crippen LogP contribution in [0.4, 0.5) is 13.2 Å². The Kier molecular flexibility index (Phi) is 4.14. The molecule has 1 aromatic carbocycles. The number of benzene rings is 1. The molecule has 1 aromatic rings. The van der Waals surface area contributed by atoms with Gasteiger partial charge in [-0.05, 0) is 24.7 Å². The monoisotopic (exact) mass is 235 g/mol. The molecule has 0 amide bonds. The van der Waals surface area contributed by atoms with Crippen LogP contribution < -0.4 is 10.1 Å². The summed E-state index contributed by atoms with van der Waals surface area (Å²) in [6.07, 6.45) is -4.70. The van der Waals surface area contributed by atoms with Crippen molar-refractivity contribution in [2.75, 3.05) is 13.7 Å². The second-order valence-electron chi connectivity index (χ2n) is 3.14. The number of halogens is 3. The highest BCUT2D eigenvalue weighted by molar-refractivity contribution is 5.30. The normalized spacial score (nSPS) is 13.6. The first kappa shape index (κ1) is 12.8. The number of nitrogens with one attached hydrogen (secondary N) is 1. The molecular formula is C10H12F3NO2. The van der Waals surface area contributed by atoms with Crippen molar-refractivity contribution in [2.45, 2.75) is 12.4 Å². The van der Waals surface area contributed by atoms with Gasteiger partial charge in [0, 0.05) is 0 Å². The Labute approximate surface area is 90.8 Å². The van der Waals surface area contributed by atoms with Gasteiger partial charge in [0.15, 0.2) is 0 Å². The Hall–Kier alpha value is -1.27. The van der Waals surface area contributed by atoms with Crippen LogP contribution in [0.3, 0.4) is 0 Å². The van der Waals surface area contributed by atoms with E-state index in [1.165, 1.54) is 18.2 Å². The Balaban J connectivity index is 2.86. The quantitative estimate of drug-likeness (QED) is 0.836. The molecule has 0 heterocycles. The molecule has 6 heteroatoms. The van der Waals surface area contributed by atoms with Crippen molar-refractivity contribution in [1.29, 1.82) is 0 Å². The predicted molar refractivity (Wildman–Crippen MR) is 52.0 cm³/mol. The number of rotatable bonds is 4. The highest BCUT2D eigenvalue weighted by atomic mass is 19.4. The Bertz CT molecular complexity index is 337. The van der Waals surface area contributed by atoms with Crippen LogP contribution in [0.5, 0.6) is 5.75 Å². The molecule has 0 spiro atoms. The second-order valence-corrected chi connectivity index (χ2v) is 3.14. The minimum atomic E-state index is -4.70. The lowest BCUT2D eigenvalue weighted by molar-refractivity contribution is -0.274. The molecule has 3 nitrogen and oxygen atoms in total. The third kappa shape index (κ3) is 3.71. The highest BCUT2D eigenvalue weighted by Crippen LogP contribution is 2.25. The lowest BCUT2D eigenvalue weighted by atomic mass is 10.1. The maximum absolute atomic E-state index is 12.0. The number of alkyl halides is 3. The molecule has 0 aromatic heterocycles. The Morgan fingerprint density at radius 3 is 2.62 bits per heavy atom. The van der Waals surface area contributed by atoms with E-state index >= 15 is 0 Å². The fourth-order valence-electron chi connectivity index (χ4n) is 1.29. The molecule has 0 saturated heterocycles. The third-order valence-corrected chi connectivity index (χ3v) is 2.03. The van der Waals surface area contributed by atoms with E-state index in [1.54, 1.807) is 13.1 Å². The van der Waals surface area contributed by atoms with E-state index in [4.69, 9.17) is 5.11 Å². The fraction of sp³-hybridized carbons (Fsp3) is 0.400. The molecule has 2 N–H and O–H groups in total.